The number of aromatic nitrogens is 5. The van der Waals surface area contributed by atoms with Gasteiger partial charge in [0, 0.05) is 12.6 Å². The van der Waals surface area contributed by atoms with Crippen LogP contribution in [0, 0.1) is 0 Å². The molecule has 1 saturated heterocycles. The Hall–Kier alpha value is -2.68. The minimum absolute atomic E-state index is 0.290. The lowest BCUT2D eigenvalue weighted by Gasteiger charge is -2.27. The first-order valence-corrected chi connectivity index (χ1v) is 8.04. The van der Waals surface area contributed by atoms with Crippen LogP contribution in [0.2, 0.25) is 0 Å². The highest BCUT2D eigenvalue weighted by atomic mass is 19.3. The van der Waals surface area contributed by atoms with E-state index >= 15 is 0 Å². The highest BCUT2D eigenvalue weighted by Crippen LogP contribution is 2.37. The maximum Gasteiger partial charge on any atom is 0.282 e. The maximum absolute atomic E-state index is 12.9. The van der Waals surface area contributed by atoms with Gasteiger partial charge in [-0.2, -0.15) is 5.10 Å². The minimum atomic E-state index is -2.64. The molecule has 1 saturated carbocycles. The number of fused-ring (bicyclic) bond motifs is 2. The molecule has 0 aromatic carbocycles. The summed E-state index contributed by atoms with van der Waals surface area (Å²) < 4.78 is 32.9. The summed E-state index contributed by atoms with van der Waals surface area (Å²) in [6.45, 7) is 1.45. The van der Waals surface area contributed by atoms with Crippen molar-refractivity contribution in [1.82, 2.24) is 24.6 Å². The monoisotopic (exact) mass is 344 g/mol. The number of ether oxygens (including phenoxy) is 1. The van der Waals surface area contributed by atoms with E-state index in [9.17, 15) is 8.78 Å². The van der Waals surface area contributed by atoms with Gasteiger partial charge in [0.2, 0.25) is 0 Å². The third-order valence-electron chi connectivity index (χ3n) is 4.58. The van der Waals surface area contributed by atoms with E-state index in [-0.39, 0.29) is 5.69 Å². The summed E-state index contributed by atoms with van der Waals surface area (Å²) in [4.78, 5) is 15.1. The van der Waals surface area contributed by atoms with Crippen LogP contribution < -0.4 is 4.90 Å². The first kappa shape index (κ1) is 14.6. The van der Waals surface area contributed by atoms with Gasteiger partial charge in [-0.1, -0.05) is 0 Å². The summed E-state index contributed by atoms with van der Waals surface area (Å²) >= 11 is 0. The van der Waals surface area contributed by atoms with E-state index in [4.69, 9.17) is 4.74 Å². The average Bonchev–Trinajstić information content (AvgIpc) is 3.31. The van der Waals surface area contributed by atoms with Crippen molar-refractivity contribution in [2.45, 2.75) is 25.0 Å². The first-order valence-electron chi connectivity index (χ1n) is 8.04. The van der Waals surface area contributed by atoms with Crippen LogP contribution in [0.4, 0.5) is 14.6 Å². The van der Waals surface area contributed by atoms with E-state index in [0.29, 0.717) is 35.8 Å². The van der Waals surface area contributed by atoms with E-state index in [1.54, 1.807) is 6.20 Å². The number of hydrogen-bond donors (Lipinski definition) is 0. The number of alkyl halides is 2. The second-order valence-electron chi connectivity index (χ2n) is 6.14. The first-order chi connectivity index (χ1) is 12.2. The van der Waals surface area contributed by atoms with Gasteiger partial charge in [0.25, 0.3) is 6.43 Å². The van der Waals surface area contributed by atoms with E-state index in [1.807, 2.05) is 6.07 Å². The van der Waals surface area contributed by atoms with Gasteiger partial charge in [0.15, 0.2) is 5.65 Å². The second kappa shape index (κ2) is 5.41. The SMILES string of the molecule is FC(F)c1ccc2ncc(-c3cc(N4CCOC5CC54)ncn3)n2n1. The molecule has 5 rings (SSSR count). The van der Waals surface area contributed by atoms with Gasteiger partial charge in [-0.25, -0.2) is 28.2 Å². The molecule has 0 bridgehead atoms. The van der Waals surface area contributed by atoms with Crippen LogP contribution in [0.3, 0.4) is 0 Å². The summed E-state index contributed by atoms with van der Waals surface area (Å²) in [6, 6.07) is 5.02. The molecule has 2 fully saturated rings. The molecule has 3 aromatic heterocycles. The Bertz CT molecular complexity index is 945. The van der Waals surface area contributed by atoms with Crippen molar-refractivity contribution in [3.63, 3.8) is 0 Å². The molecular weight excluding hydrogens is 330 g/mol. The molecule has 25 heavy (non-hydrogen) atoms. The number of anilines is 1. The minimum Gasteiger partial charge on any atom is -0.374 e. The van der Waals surface area contributed by atoms with Crippen LogP contribution in [-0.4, -0.2) is 49.9 Å². The standard InChI is InChI=1S/C16H14F2N6O/c17-16(18)9-1-2-14-19-7-12(24(14)22-9)10-5-15(21-8-20-10)23-3-4-25-13-6-11(13)23/h1-2,5,7-8,11,13,16H,3-4,6H2. The van der Waals surface area contributed by atoms with Gasteiger partial charge >= 0.3 is 0 Å². The molecule has 1 aliphatic carbocycles. The second-order valence-corrected chi connectivity index (χ2v) is 6.14. The summed E-state index contributed by atoms with van der Waals surface area (Å²) in [5, 5.41) is 3.99. The predicted molar refractivity (Wildman–Crippen MR) is 84.5 cm³/mol. The quantitative estimate of drug-likeness (QED) is 0.725. The summed E-state index contributed by atoms with van der Waals surface area (Å²) in [7, 11) is 0. The molecule has 7 nitrogen and oxygen atoms in total. The van der Waals surface area contributed by atoms with E-state index in [0.717, 1.165) is 18.8 Å². The lowest BCUT2D eigenvalue weighted by Crippen LogP contribution is -2.37. The van der Waals surface area contributed by atoms with Crippen molar-refractivity contribution < 1.29 is 13.5 Å². The molecule has 1 aliphatic heterocycles. The van der Waals surface area contributed by atoms with E-state index < -0.39 is 6.43 Å². The molecule has 0 amide bonds. The highest BCUT2D eigenvalue weighted by Gasteiger charge is 2.46. The van der Waals surface area contributed by atoms with Crippen molar-refractivity contribution in [2.75, 3.05) is 18.1 Å². The maximum atomic E-state index is 12.9. The average molecular weight is 344 g/mol. The van der Waals surface area contributed by atoms with Gasteiger partial charge in [-0.15, -0.1) is 0 Å². The topological polar surface area (TPSA) is 68.4 Å². The Kier molecular flexibility index (Phi) is 3.17. The summed E-state index contributed by atoms with van der Waals surface area (Å²) in [5.74, 6) is 0.806. The smallest absolute Gasteiger partial charge is 0.282 e. The number of imidazole rings is 1. The fourth-order valence-electron chi connectivity index (χ4n) is 3.24. The van der Waals surface area contributed by atoms with Crippen LogP contribution in [0.15, 0.2) is 30.7 Å². The van der Waals surface area contributed by atoms with Crippen LogP contribution >= 0.6 is 0 Å². The third-order valence-corrected chi connectivity index (χ3v) is 4.58. The third kappa shape index (κ3) is 2.42. The molecule has 2 atom stereocenters. The number of halogens is 2. The summed E-state index contributed by atoms with van der Waals surface area (Å²) in [6.07, 6.45) is 1.73. The van der Waals surface area contributed by atoms with Crippen LogP contribution in [-0.2, 0) is 4.74 Å². The fourth-order valence-corrected chi connectivity index (χ4v) is 3.24. The van der Waals surface area contributed by atoms with Gasteiger partial charge in [-0.3, -0.25) is 0 Å². The number of rotatable bonds is 3. The molecular formula is C16H14F2N6O. The Morgan fingerprint density at radius 3 is 3.00 bits per heavy atom. The lowest BCUT2D eigenvalue weighted by molar-refractivity contribution is 0.103. The van der Waals surface area contributed by atoms with Crippen molar-refractivity contribution >= 4 is 11.5 Å². The molecule has 0 N–H and O–H groups in total. The number of nitrogens with zero attached hydrogens (tertiary/aromatic N) is 6. The number of hydrogen-bond acceptors (Lipinski definition) is 6. The lowest BCUT2D eigenvalue weighted by atomic mass is 10.3. The van der Waals surface area contributed by atoms with Crippen LogP contribution in [0.25, 0.3) is 17.0 Å². The van der Waals surface area contributed by atoms with E-state index in [1.165, 1.54) is 23.0 Å². The van der Waals surface area contributed by atoms with Crippen LogP contribution in [0.5, 0.6) is 0 Å². The van der Waals surface area contributed by atoms with Crippen LogP contribution in [0.1, 0.15) is 18.5 Å². The van der Waals surface area contributed by atoms with Gasteiger partial charge in [0.05, 0.1) is 30.6 Å². The molecule has 0 spiro atoms. The number of morpholine rings is 1. The Labute approximate surface area is 141 Å². The fraction of sp³-hybridized carbons (Fsp3) is 0.375. The largest absolute Gasteiger partial charge is 0.374 e. The summed E-state index contributed by atoms with van der Waals surface area (Å²) in [5.41, 5.74) is 1.35. The molecule has 128 valence electrons. The predicted octanol–water partition coefficient (Wildman–Crippen LogP) is 2.10. The Morgan fingerprint density at radius 2 is 2.12 bits per heavy atom. The van der Waals surface area contributed by atoms with Gasteiger partial charge in [0.1, 0.15) is 23.5 Å². The van der Waals surface area contributed by atoms with Crippen molar-refractivity contribution in [3.05, 3.63) is 36.4 Å². The molecule has 9 heteroatoms. The Balaban J connectivity index is 1.56. The van der Waals surface area contributed by atoms with Crippen molar-refractivity contribution in [2.24, 2.45) is 0 Å². The molecule has 3 aromatic rings. The molecule has 2 unspecified atom stereocenters. The highest BCUT2D eigenvalue weighted by molar-refractivity contribution is 5.62. The van der Waals surface area contributed by atoms with Crippen molar-refractivity contribution in [1.29, 1.82) is 0 Å². The van der Waals surface area contributed by atoms with E-state index in [2.05, 4.69) is 25.0 Å². The van der Waals surface area contributed by atoms with Gasteiger partial charge < -0.3 is 9.64 Å². The molecule has 4 heterocycles. The zero-order chi connectivity index (χ0) is 17.0. The zero-order valence-electron chi connectivity index (χ0n) is 13.1. The van der Waals surface area contributed by atoms with Crippen molar-refractivity contribution in [3.8, 4) is 11.4 Å². The Morgan fingerprint density at radius 1 is 1.20 bits per heavy atom. The normalized spacial score (nSPS) is 22.4. The zero-order valence-corrected chi connectivity index (χ0v) is 13.1. The molecule has 2 aliphatic rings. The molecule has 0 radical (unpaired) electrons. The van der Waals surface area contributed by atoms with Gasteiger partial charge in [-0.05, 0) is 18.6 Å².